The highest BCUT2D eigenvalue weighted by Gasteiger charge is 2.15. The molecule has 0 saturated carbocycles. The summed E-state index contributed by atoms with van der Waals surface area (Å²) in [7, 11) is -1.46. The number of hydrogen-bond acceptors (Lipinski definition) is 1. The standard InChI is InChI=1S/C9H17ClO2Si/c1-8(9(11)12)6-4-5-7-13(2,3)10/h1,4-7H2,2-3H3,(H,11,12). The molecule has 0 aromatic heterocycles. The summed E-state index contributed by atoms with van der Waals surface area (Å²) in [5, 5.41) is 8.52. The molecule has 0 aliphatic heterocycles. The molecular formula is C9H17ClO2Si. The molecule has 0 spiro atoms. The van der Waals surface area contributed by atoms with Gasteiger partial charge in [0.05, 0.1) is 0 Å². The van der Waals surface area contributed by atoms with E-state index in [1.807, 2.05) is 0 Å². The summed E-state index contributed by atoms with van der Waals surface area (Å²) in [6, 6.07) is 1.04. The number of rotatable bonds is 6. The summed E-state index contributed by atoms with van der Waals surface area (Å²) in [4.78, 5) is 10.4. The molecule has 4 heteroatoms. The van der Waals surface area contributed by atoms with Crippen LogP contribution in [-0.4, -0.2) is 18.5 Å². The van der Waals surface area contributed by atoms with Crippen molar-refractivity contribution in [1.82, 2.24) is 0 Å². The van der Waals surface area contributed by atoms with Crippen LogP contribution in [0.5, 0.6) is 0 Å². The minimum absolute atomic E-state index is 0.300. The molecule has 0 rings (SSSR count). The molecule has 0 heterocycles. The van der Waals surface area contributed by atoms with Crippen LogP contribution < -0.4 is 0 Å². The third-order valence-electron chi connectivity index (χ3n) is 1.80. The van der Waals surface area contributed by atoms with Crippen LogP contribution in [-0.2, 0) is 4.79 Å². The number of hydrogen-bond donors (Lipinski definition) is 1. The summed E-state index contributed by atoms with van der Waals surface area (Å²) in [6.45, 7) is 7.66. The maximum absolute atomic E-state index is 10.4. The molecule has 0 aromatic carbocycles. The summed E-state index contributed by atoms with van der Waals surface area (Å²) in [6.07, 6.45) is 2.47. The van der Waals surface area contributed by atoms with Gasteiger partial charge in [-0.15, -0.1) is 0 Å². The van der Waals surface area contributed by atoms with Crippen molar-refractivity contribution in [3.05, 3.63) is 12.2 Å². The lowest BCUT2D eigenvalue weighted by Gasteiger charge is -2.11. The maximum atomic E-state index is 10.4. The van der Waals surface area contributed by atoms with Gasteiger partial charge in [0.15, 0.2) is 0 Å². The van der Waals surface area contributed by atoms with Gasteiger partial charge in [-0.3, -0.25) is 0 Å². The lowest BCUT2D eigenvalue weighted by Crippen LogP contribution is -2.15. The van der Waals surface area contributed by atoms with Crippen LogP contribution >= 0.6 is 11.1 Å². The molecule has 76 valence electrons. The molecule has 2 nitrogen and oxygen atoms in total. The molecule has 0 radical (unpaired) electrons. The Morgan fingerprint density at radius 3 is 2.38 bits per heavy atom. The van der Waals surface area contributed by atoms with E-state index >= 15 is 0 Å². The van der Waals surface area contributed by atoms with Gasteiger partial charge in [-0.2, -0.15) is 11.1 Å². The smallest absolute Gasteiger partial charge is 0.330 e. The molecule has 0 aliphatic rings. The Bertz CT molecular complexity index is 196. The third kappa shape index (κ3) is 8.06. The summed E-state index contributed by atoms with van der Waals surface area (Å²) >= 11 is 6.11. The number of carboxylic acids is 1. The van der Waals surface area contributed by atoms with Crippen molar-refractivity contribution < 1.29 is 9.90 Å². The number of carbonyl (C=O) groups is 1. The second-order valence-corrected chi connectivity index (χ2v) is 10.8. The van der Waals surface area contributed by atoms with Gasteiger partial charge in [0.2, 0.25) is 0 Å². The van der Waals surface area contributed by atoms with Crippen molar-refractivity contribution >= 4 is 24.4 Å². The highest BCUT2D eigenvalue weighted by Crippen LogP contribution is 2.19. The van der Waals surface area contributed by atoms with Gasteiger partial charge in [0.1, 0.15) is 7.38 Å². The zero-order valence-electron chi connectivity index (χ0n) is 8.27. The lowest BCUT2D eigenvalue weighted by atomic mass is 10.1. The number of carboxylic acid groups (broad SMARTS) is 1. The predicted molar refractivity (Wildman–Crippen MR) is 58.8 cm³/mol. The average molecular weight is 221 g/mol. The fraction of sp³-hybridized carbons (Fsp3) is 0.667. The zero-order valence-corrected chi connectivity index (χ0v) is 10.0. The number of aliphatic carboxylic acids is 1. The molecule has 0 aliphatic carbocycles. The molecule has 13 heavy (non-hydrogen) atoms. The van der Waals surface area contributed by atoms with Crippen molar-refractivity contribution in [2.75, 3.05) is 0 Å². The molecule has 0 atom stereocenters. The van der Waals surface area contributed by atoms with Crippen LogP contribution in [0.2, 0.25) is 19.1 Å². The van der Waals surface area contributed by atoms with E-state index in [4.69, 9.17) is 16.2 Å². The summed E-state index contributed by atoms with van der Waals surface area (Å²) < 4.78 is 0. The van der Waals surface area contributed by atoms with Crippen LogP contribution in [0.4, 0.5) is 0 Å². The van der Waals surface area contributed by atoms with Crippen molar-refractivity contribution in [3.63, 3.8) is 0 Å². The monoisotopic (exact) mass is 220 g/mol. The number of unbranched alkanes of at least 4 members (excludes halogenated alkanes) is 1. The quantitative estimate of drug-likeness (QED) is 0.323. The maximum Gasteiger partial charge on any atom is 0.330 e. The molecule has 0 unspecified atom stereocenters. The Labute approximate surface area is 85.3 Å². The molecule has 0 fully saturated rings. The highest BCUT2D eigenvalue weighted by molar-refractivity contribution is 7.19. The Hall–Kier alpha value is -0.283. The van der Waals surface area contributed by atoms with Gasteiger partial charge in [-0.05, 0) is 18.9 Å². The molecule has 0 bridgehead atoms. The van der Waals surface area contributed by atoms with Gasteiger partial charge in [-0.1, -0.05) is 26.1 Å². The SMILES string of the molecule is C=C(CCCC[Si](C)(C)Cl)C(=O)O. The molecule has 0 amide bonds. The van der Waals surface area contributed by atoms with Crippen LogP contribution in [0.1, 0.15) is 19.3 Å². The van der Waals surface area contributed by atoms with Crippen molar-refractivity contribution in [2.45, 2.75) is 38.4 Å². The summed E-state index contributed by atoms with van der Waals surface area (Å²) in [5.41, 5.74) is 0.300. The number of halogens is 1. The van der Waals surface area contributed by atoms with E-state index < -0.39 is 13.4 Å². The fourth-order valence-electron chi connectivity index (χ4n) is 0.991. The fourth-order valence-corrected chi connectivity index (χ4v) is 2.48. The van der Waals surface area contributed by atoms with Crippen molar-refractivity contribution in [3.8, 4) is 0 Å². The van der Waals surface area contributed by atoms with E-state index in [0.717, 1.165) is 18.9 Å². The Kier molecular flexibility index (Phi) is 5.33. The Balaban J connectivity index is 3.47. The minimum Gasteiger partial charge on any atom is -0.478 e. The average Bonchev–Trinajstić information content (AvgIpc) is 1.95. The van der Waals surface area contributed by atoms with Crippen LogP contribution in [0.25, 0.3) is 0 Å². The third-order valence-corrected chi connectivity index (χ3v) is 3.91. The highest BCUT2D eigenvalue weighted by atomic mass is 35.6. The zero-order chi connectivity index (χ0) is 10.5. The van der Waals surface area contributed by atoms with Gasteiger partial charge < -0.3 is 5.11 Å². The van der Waals surface area contributed by atoms with E-state index in [-0.39, 0.29) is 0 Å². The normalized spacial score (nSPS) is 11.3. The van der Waals surface area contributed by atoms with Gasteiger partial charge in [-0.25, -0.2) is 4.79 Å². The Morgan fingerprint density at radius 1 is 1.46 bits per heavy atom. The van der Waals surface area contributed by atoms with Gasteiger partial charge in [0, 0.05) is 5.57 Å². The van der Waals surface area contributed by atoms with Crippen LogP contribution in [0.3, 0.4) is 0 Å². The van der Waals surface area contributed by atoms with E-state index in [1.54, 1.807) is 0 Å². The van der Waals surface area contributed by atoms with Crippen LogP contribution in [0, 0.1) is 0 Å². The molecule has 0 saturated heterocycles. The van der Waals surface area contributed by atoms with Gasteiger partial charge in [0.25, 0.3) is 0 Å². The Morgan fingerprint density at radius 2 is 2.00 bits per heavy atom. The molecule has 0 aromatic rings. The second kappa shape index (κ2) is 5.45. The first-order chi connectivity index (χ1) is 5.83. The first kappa shape index (κ1) is 12.7. The van der Waals surface area contributed by atoms with Crippen LogP contribution in [0.15, 0.2) is 12.2 Å². The molecular weight excluding hydrogens is 204 g/mol. The largest absolute Gasteiger partial charge is 0.478 e. The van der Waals surface area contributed by atoms with Crippen molar-refractivity contribution in [2.24, 2.45) is 0 Å². The van der Waals surface area contributed by atoms with Crippen molar-refractivity contribution in [1.29, 1.82) is 0 Å². The second-order valence-electron chi connectivity index (χ2n) is 3.83. The van der Waals surface area contributed by atoms with E-state index in [1.165, 1.54) is 0 Å². The van der Waals surface area contributed by atoms with E-state index in [0.29, 0.717) is 12.0 Å². The van der Waals surface area contributed by atoms with Gasteiger partial charge >= 0.3 is 5.97 Å². The predicted octanol–water partition coefficient (Wildman–Crippen LogP) is 3.24. The lowest BCUT2D eigenvalue weighted by molar-refractivity contribution is -0.132. The molecule has 1 N–H and O–H groups in total. The summed E-state index contributed by atoms with van der Waals surface area (Å²) in [5.74, 6) is -0.887. The topological polar surface area (TPSA) is 37.3 Å². The van der Waals surface area contributed by atoms with E-state index in [9.17, 15) is 4.79 Å². The minimum atomic E-state index is -1.46. The van der Waals surface area contributed by atoms with E-state index in [2.05, 4.69) is 19.7 Å². The first-order valence-electron chi connectivity index (χ1n) is 4.43. The first-order valence-corrected chi connectivity index (χ1v) is 8.65.